The van der Waals surface area contributed by atoms with Crippen LogP contribution in [-0.4, -0.2) is 17.6 Å². The summed E-state index contributed by atoms with van der Waals surface area (Å²) in [6.07, 6.45) is 3.43. The van der Waals surface area contributed by atoms with Crippen LogP contribution in [0.4, 0.5) is 5.69 Å². The summed E-state index contributed by atoms with van der Waals surface area (Å²) >= 11 is 6.02. The Morgan fingerprint density at radius 1 is 1.34 bits per heavy atom. The van der Waals surface area contributed by atoms with Gasteiger partial charge < -0.3 is 14.6 Å². The van der Waals surface area contributed by atoms with Crippen LogP contribution in [0.25, 0.3) is 17.0 Å². The molecule has 3 aromatic rings. The largest absolute Gasteiger partial charge is 0.495 e. The lowest BCUT2D eigenvalue weighted by Gasteiger charge is -2.10. The second-order valence-corrected chi connectivity index (χ2v) is 6.82. The average Bonchev–Trinajstić information content (AvgIpc) is 2.98. The third-order valence-corrected chi connectivity index (χ3v) is 4.89. The van der Waals surface area contributed by atoms with Crippen LogP contribution >= 0.6 is 11.6 Å². The van der Waals surface area contributed by atoms with Gasteiger partial charge in [0, 0.05) is 33.7 Å². The Morgan fingerprint density at radius 3 is 2.79 bits per heavy atom. The standard InChI is InChI=1S/C23H20ClN3O2/c1-4-11-27-15(2)19(18-7-5-6-8-21(18)27)12-16(14-25)23(28)26-20-13-17(24)9-10-22(20)29-3/h4-10,12-13H,1,11H2,2-3H3,(H,26,28)/b16-12+. The minimum Gasteiger partial charge on any atom is -0.495 e. The molecule has 1 N–H and O–H groups in total. The van der Waals surface area contributed by atoms with Crippen LogP contribution in [0.1, 0.15) is 11.3 Å². The molecule has 146 valence electrons. The number of rotatable bonds is 6. The van der Waals surface area contributed by atoms with E-state index < -0.39 is 5.91 Å². The lowest BCUT2D eigenvalue weighted by molar-refractivity contribution is -0.112. The number of benzene rings is 2. The predicted molar refractivity (Wildman–Crippen MR) is 117 cm³/mol. The van der Waals surface area contributed by atoms with Crippen molar-refractivity contribution in [3.63, 3.8) is 0 Å². The van der Waals surface area contributed by atoms with Crippen molar-refractivity contribution in [3.8, 4) is 11.8 Å². The molecule has 0 fully saturated rings. The Labute approximate surface area is 174 Å². The summed E-state index contributed by atoms with van der Waals surface area (Å²) < 4.78 is 7.35. The molecule has 5 nitrogen and oxygen atoms in total. The Bertz CT molecular complexity index is 1170. The van der Waals surface area contributed by atoms with Crippen LogP contribution < -0.4 is 10.1 Å². The summed E-state index contributed by atoms with van der Waals surface area (Å²) in [4.78, 5) is 12.8. The molecule has 0 bridgehead atoms. The first kappa shape index (κ1) is 20.2. The van der Waals surface area contributed by atoms with Gasteiger partial charge in [-0.25, -0.2) is 0 Å². The summed E-state index contributed by atoms with van der Waals surface area (Å²) in [6.45, 7) is 6.41. The van der Waals surface area contributed by atoms with Gasteiger partial charge in [-0.05, 0) is 37.3 Å². The zero-order valence-corrected chi connectivity index (χ0v) is 17.0. The van der Waals surface area contributed by atoms with E-state index in [2.05, 4.69) is 16.5 Å². The Morgan fingerprint density at radius 2 is 2.10 bits per heavy atom. The highest BCUT2D eigenvalue weighted by molar-refractivity contribution is 6.31. The van der Waals surface area contributed by atoms with E-state index in [1.165, 1.54) is 7.11 Å². The number of aromatic nitrogens is 1. The summed E-state index contributed by atoms with van der Waals surface area (Å²) in [5, 5.41) is 13.8. The van der Waals surface area contributed by atoms with Gasteiger partial charge in [0.15, 0.2) is 0 Å². The van der Waals surface area contributed by atoms with Crippen molar-refractivity contribution in [2.45, 2.75) is 13.5 Å². The molecular formula is C23H20ClN3O2. The number of methoxy groups -OCH3 is 1. The maximum atomic E-state index is 12.8. The fourth-order valence-electron chi connectivity index (χ4n) is 3.26. The van der Waals surface area contributed by atoms with Crippen molar-refractivity contribution >= 4 is 40.2 Å². The molecule has 0 saturated carbocycles. The second-order valence-electron chi connectivity index (χ2n) is 6.38. The van der Waals surface area contributed by atoms with Gasteiger partial charge in [-0.2, -0.15) is 5.26 Å². The van der Waals surface area contributed by atoms with Crippen LogP contribution in [0.5, 0.6) is 5.75 Å². The number of allylic oxidation sites excluding steroid dienone is 1. The number of hydrogen-bond donors (Lipinski definition) is 1. The number of fused-ring (bicyclic) bond motifs is 1. The van der Waals surface area contributed by atoms with Crippen molar-refractivity contribution in [2.24, 2.45) is 0 Å². The second kappa shape index (κ2) is 8.68. The monoisotopic (exact) mass is 405 g/mol. The molecule has 0 atom stereocenters. The third-order valence-electron chi connectivity index (χ3n) is 4.65. The van der Waals surface area contributed by atoms with Gasteiger partial charge in [0.25, 0.3) is 5.91 Å². The number of halogens is 1. The highest BCUT2D eigenvalue weighted by Crippen LogP contribution is 2.30. The molecule has 0 aliphatic carbocycles. The minimum atomic E-state index is -0.534. The van der Waals surface area contributed by atoms with Crippen LogP contribution in [0.2, 0.25) is 5.02 Å². The summed E-state index contributed by atoms with van der Waals surface area (Å²) in [6, 6.07) is 14.8. The van der Waals surface area contributed by atoms with E-state index in [0.29, 0.717) is 23.0 Å². The van der Waals surface area contributed by atoms with Crippen molar-refractivity contribution in [1.29, 1.82) is 5.26 Å². The molecule has 2 aromatic carbocycles. The van der Waals surface area contributed by atoms with Crippen molar-refractivity contribution in [2.75, 3.05) is 12.4 Å². The number of nitrogens with one attached hydrogen (secondary N) is 1. The quantitative estimate of drug-likeness (QED) is 0.342. The first-order valence-electron chi connectivity index (χ1n) is 8.95. The molecule has 0 aliphatic heterocycles. The number of hydrogen-bond acceptors (Lipinski definition) is 3. The Kier molecular flexibility index (Phi) is 6.06. The Hall–Kier alpha value is -3.49. The predicted octanol–water partition coefficient (Wildman–Crippen LogP) is 5.34. The normalized spacial score (nSPS) is 11.2. The number of amides is 1. The number of nitriles is 1. The maximum Gasteiger partial charge on any atom is 0.266 e. The highest BCUT2D eigenvalue weighted by Gasteiger charge is 2.17. The SMILES string of the molecule is C=CCn1c(C)c(/C=C(\C#N)C(=O)Nc2cc(Cl)ccc2OC)c2ccccc21. The topological polar surface area (TPSA) is 67.0 Å². The molecule has 1 heterocycles. The first-order valence-corrected chi connectivity index (χ1v) is 9.33. The number of anilines is 1. The molecule has 29 heavy (non-hydrogen) atoms. The molecule has 0 spiro atoms. The smallest absolute Gasteiger partial charge is 0.266 e. The van der Waals surface area contributed by atoms with E-state index in [9.17, 15) is 10.1 Å². The summed E-state index contributed by atoms with van der Waals surface area (Å²) in [5.41, 5.74) is 3.18. The lowest BCUT2D eigenvalue weighted by Crippen LogP contribution is -2.14. The molecule has 3 rings (SSSR count). The molecule has 0 radical (unpaired) electrons. The zero-order chi connectivity index (χ0) is 21.0. The first-order chi connectivity index (χ1) is 14.0. The van der Waals surface area contributed by atoms with Crippen molar-refractivity contribution in [3.05, 3.63) is 77.0 Å². The molecule has 1 amide bonds. The Balaban J connectivity index is 2.04. The van der Waals surface area contributed by atoms with Crippen LogP contribution in [0.15, 0.2) is 60.7 Å². The zero-order valence-electron chi connectivity index (χ0n) is 16.2. The van der Waals surface area contributed by atoms with Crippen LogP contribution in [0, 0.1) is 18.3 Å². The molecule has 0 saturated heterocycles. The molecule has 0 unspecified atom stereocenters. The van der Waals surface area contributed by atoms with Gasteiger partial charge in [-0.15, -0.1) is 6.58 Å². The fourth-order valence-corrected chi connectivity index (χ4v) is 3.44. The van der Waals surface area contributed by atoms with Crippen LogP contribution in [0.3, 0.4) is 0 Å². The summed E-state index contributed by atoms with van der Waals surface area (Å²) in [7, 11) is 1.50. The maximum absolute atomic E-state index is 12.8. The van der Waals surface area contributed by atoms with Crippen molar-refractivity contribution < 1.29 is 9.53 Å². The van der Waals surface area contributed by atoms with E-state index in [1.807, 2.05) is 43.3 Å². The van der Waals surface area contributed by atoms with E-state index in [0.717, 1.165) is 22.2 Å². The number of carbonyl (C=O) groups excluding carboxylic acids is 1. The molecule has 0 aliphatic rings. The van der Waals surface area contributed by atoms with Crippen LogP contribution in [-0.2, 0) is 11.3 Å². The van der Waals surface area contributed by atoms with Gasteiger partial charge in [0.05, 0.1) is 12.8 Å². The summed E-state index contributed by atoms with van der Waals surface area (Å²) in [5.74, 6) is -0.0770. The molecule has 1 aromatic heterocycles. The van der Waals surface area contributed by atoms with E-state index in [-0.39, 0.29) is 5.57 Å². The van der Waals surface area contributed by atoms with Gasteiger partial charge >= 0.3 is 0 Å². The number of ether oxygens (including phenoxy) is 1. The molecular weight excluding hydrogens is 386 g/mol. The number of carbonyl (C=O) groups is 1. The van der Waals surface area contributed by atoms with Gasteiger partial charge in [-0.1, -0.05) is 35.9 Å². The highest BCUT2D eigenvalue weighted by atomic mass is 35.5. The van der Waals surface area contributed by atoms with Gasteiger partial charge in [0.1, 0.15) is 17.4 Å². The molecule has 6 heteroatoms. The van der Waals surface area contributed by atoms with E-state index >= 15 is 0 Å². The fraction of sp³-hybridized carbons (Fsp3) is 0.130. The number of nitrogens with zero attached hydrogens (tertiary/aromatic N) is 2. The van der Waals surface area contributed by atoms with Crippen molar-refractivity contribution in [1.82, 2.24) is 4.57 Å². The van der Waals surface area contributed by atoms with E-state index in [4.69, 9.17) is 16.3 Å². The lowest BCUT2D eigenvalue weighted by atomic mass is 10.1. The minimum absolute atomic E-state index is 0.0170. The van der Waals surface area contributed by atoms with E-state index in [1.54, 1.807) is 24.3 Å². The van der Waals surface area contributed by atoms with Gasteiger partial charge in [-0.3, -0.25) is 4.79 Å². The average molecular weight is 406 g/mol. The van der Waals surface area contributed by atoms with Gasteiger partial charge in [0.2, 0.25) is 0 Å². The third kappa shape index (κ3) is 4.03. The number of para-hydroxylation sites is 1.